The smallest absolute Gasteiger partial charge is 0.336 e. The lowest BCUT2D eigenvalue weighted by Crippen LogP contribution is -2.54. The number of benzene rings is 2. The molecule has 0 radical (unpaired) electrons. The van der Waals surface area contributed by atoms with Gasteiger partial charge in [0.25, 0.3) is 11.8 Å². The summed E-state index contributed by atoms with van der Waals surface area (Å²) < 4.78 is 10.6. The fourth-order valence-corrected chi connectivity index (χ4v) is 5.11. The van der Waals surface area contributed by atoms with Gasteiger partial charge in [0.2, 0.25) is 0 Å². The Morgan fingerprint density at radius 2 is 1.67 bits per heavy atom. The van der Waals surface area contributed by atoms with Crippen molar-refractivity contribution in [2.24, 2.45) is 0 Å². The van der Waals surface area contributed by atoms with Gasteiger partial charge in [-0.2, -0.15) is 0 Å². The van der Waals surface area contributed by atoms with E-state index < -0.39 is 17.8 Å². The second-order valence-corrected chi connectivity index (χ2v) is 9.72. The average Bonchev–Trinajstić information content (AvgIpc) is 2.81. The zero-order valence-corrected chi connectivity index (χ0v) is 21.6. The Labute approximate surface area is 211 Å². The highest BCUT2D eigenvalue weighted by atomic mass is 16.5. The maximum atomic E-state index is 13.4. The van der Waals surface area contributed by atoms with Crippen LogP contribution in [0.25, 0.3) is 11.6 Å². The standard InChI is InChI=1S/C28H31N3O5/c1-16(2)31-22-10-8-18(12-20(22)17(3)15-28(31,4)5)13-21-25(32)29-27(34)30(26(21)33)23-11-9-19(35-6)14-24(23)36-7/h8-16H,1-7H3,(H,29,32,34)/b21-13+. The first-order valence-electron chi connectivity index (χ1n) is 11.7. The Morgan fingerprint density at radius 3 is 2.31 bits per heavy atom. The van der Waals surface area contributed by atoms with Crippen molar-refractivity contribution in [2.75, 3.05) is 24.0 Å². The van der Waals surface area contributed by atoms with Crippen LogP contribution in [0.5, 0.6) is 11.5 Å². The Morgan fingerprint density at radius 1 is 0.972 bits per heavy atom. The van der Waals surface area contributed by atoms with E-state index in [0.29, 0.717) is 11.3 Å². The van der Waals surface area contributed by atoms with Gasteiger partial charge in [-0.25, -0.2) is 9.69 Å². The normalized spacial score (nSPS) is 18.3. The number of anilines is 2. The van der Waals surface area contributed by atoms with Crippen molar-refractivity contribution in [3.8, 4) is 11.5 Å². The third-order valence-corrected chi connectivity index (χ3v) is 6.45. The molecule has 2 aliphatic rings. The van der Waals surface area contributed by atoms with Crippen LogP contribution in [0.2, 0.25) is 0 Å². The van der Waals surface area contributed by atoms with Crippen LogP contribution in [-0.4, -0.2) is 43.6 Å². The monoisotopic (exact) mass is 489 g/mol. The van der Waals surface area contributed by atoms with Gasteiger partial charge in [-0.1, -0.05) is 12.1 Å². The van der Waals surface area contributed by atoms with Crippen molar-refractivity contribution in [1.29, 1.82) is 0 Å². The molecule has 2 heterocycles. The number of carbonyl (C=O) groups is 3. The number of carbonyl (C=O) groups excluding carboxylic acids is 3. The lowest BCUT2D eigenvalue weighted by Gasteiger charge is -2.46. The highest BCUT2D eigenvalue weighted by molar-refractivity contribution is 6.39. The number of imide groups is 2. The van der Waals surface area contributed by atoms with Gasteiger partial charge in [0, 0.05) is 23.4 Å². The molecular formula is C28H31N3O5. The summed E-state index contributed by atoms with van der Waals surface area (Å²) in [6, 6.07) is 10.0. The first-order valence-corrected chi connectivity index (χ1v) is 11.7. The van der Waals surface area contributed by atoms with Crippen LogP contribution in [0.3, 0.4) is 0 Å². The lowest BCUT2D eigenvalue weighted by molar-refractivity contribution is -0.122. The van der Waals surface area contributed by atoms with E-state index in [1.165, 1.54) is 26.4 Å². The number of fused-ring (bicyclic) bond motifs is 1. The highest BCUT2D eigenvalue weighted by Crippen LogP contribution is 2.41. The minimum Gasteiger partial charge on any atom is -0.497 e. The lowest BCUT2D eigenvalue weighted by atomic mass is 9.86. The highest BCUT2D eigenvalue weighted by Gasteiger charge is 2.38. The molecule has 8 nitrogen and oxygen atoms in total. The van der Waals surface area contributed by atoms with E-state index >= 15 is 0 Å². The van der Waals surface area contributed by atoms with Crippen LogP contribution in [0.1, 0.15) is 45.7 Å². The molecule has 0 atom stereocenters. The number of amides is 4. The number of hydrogen-bond donors (Lipinski definition) is 1. The molecule has 0 saturated carbocycles. The van der Waals surface area contributed by atoms with Crippen LogP contribution >= 0.6 is 0 Å². The molecule has 1 saturated heterocycles. The molecule has 1 fully saturated rings. The molecule has 0 aromatic heterocycles. The number of ether oxygens (including phenoxy) is 2. The summed E-state index contributed by atoms with van der Waals surface area (Å²) in [4.78, 5) is 42.1. The van der Waals surface area contributed by atoms with Gasteiger partial charge in [-0.3, -0.25) is 14.9 Å². The van der Waals surface area contributed by atoms with E-state index in [1.54, 1.807) is 12.1 Å². The summed E-state index contributed by atoms with van der Waals surface area (Å²) in [7, 11) is 2.93. The first kappa shape index (κ1) is 25.0. The third-order valence-electron chi connectivity index (χ3n) is 6.45. The van der Waals surface area contributed by atoms with Crippen molar-refractivity contribution in [2.45, 2.75) is 46.2 Å². The number of urea groups is 1. The number of rotatable bonds is 5. The van der Waals surface area contributed by atoms with Gasteiger partial charge >= 0.3 is 6.03 Å². The molecule has 2 aromatic carbocycles. The molecule has 0 aliphatic carbocycles. The molecule has 4 rings (SSSR count). The number of barbiturate groups is 1. The molecule has 8 heteroatoms. The predicted octanol–water partition coefficient (Wildman–Crippen LogP) is 4.78. The number of allylic oxidation sites excluding steroid dienone is 1. The maximum absolute atomic E-state index is 13.4. The topological polar surface area (TPSA) is 88.2 Å². The molecule has 2 aromatic rings. The van der Waals surface area contributed by atoms with E-state index in [-0.39, 0.29) is 28.6 Å². The summed E-state index contributed by atoms with van der Waals surface area (Å²) in [5, 5.41) is 2.26. The molecular weight excluding hydrogens is 458 g/mol. The largest absolute Gasteiger partial charge is 0.497 e. The van der Waals surface area contributed by atoms with Crippen molar-refractivity contribution in [3.63, 3.8) is 0 Å². The maximum Gasteiger partial charge on any atom is 0.336 e. The van der Waals surface area contributed by atoms with E-state index in [4.69, 9.17) is 9.47 Å². The molecule has 0 unspecified atom stereocenters. The van der Waals surface area contributed by atoms with Crippen LogP contribution in [0.4, 0.5) is 16.2 Å². The molecule has 4 amide bonds. The molecule has 188 valence electrons. The minimum absolute atomic E-state index is 0.147. The molecule has 0 spiro atoms. The van der Waals surface area contributed by atoms with Gasteiger partial charge in [-0.15, -0.1) is 0 Å². The number of nitrogens with zero attached hydrogens (tertiary/aromatic N) is 2. The van der Waals surface area contributed by atoms with Crippen LogP contribution < -0.4 is 24.6 Å². The average molecular weight is 490 g/mol. The van der Waals surface area contributed by atoms with E-state index in [2.05, 4.69) is 50.9 Å². The van der Waals surface area contributed by atoms with Crippen LogP contribution in [-0.2, 0) is 9.59 Å². The van der Waals surface area contributed by atoms with Crippen molar-refractivity contribution >= 4 is 40.9 Å². The van der Waals surface area contributed by atoms with E-state index in [1.807, 2.05) is 18.2 Å². The molecule has 0 bridgehead atoms. The van der Waals surface area contributed by atoms with Gasteiger partial charge in [0.1, 0.15) is 17.1 Å². The Hall–Kier alpha value is -4.07. The molecule has 36 heavy (non-hydrogen) atoms. The quantitative estimate of drug-likeness (QED) is 0.480. The van der Waals surface area contributed by atoms with Crippen molar-refractivity contribution in [3.05, 3.63) is 59.2 Å². The zero-order chi connectivity index (χ0) is 26.4. The summed E-state index contributed by atoms with van der Waals surface area (Å²) in [6.07, 6.45) is 3.74. The Kier molecular flexibility index (Phi) is 6.39. The minimum atomic E-state index is -0.843. The summed E-state index contributed by atoms with van der Waals surface area (Å²) >= 11 is 0. The summed E-state index contributed by atoms with van der Waals surface area (Å²) in [5.74, 6) is -0.716. The summed E-state index contributed by atoms with van der Waals surface area (Å²) in [5.41, 5.74) is 3.83. The molecule has 2 aliphatic heterocycles. The Balaban J connectivity index is 1.76. The SMILES string of the molecule is COc1ccc(N2C(=O)NC(=O)/C(=C\c3ccc4c(c3)C(C)=CC(C)(C)N4C(C)C)C2=O)c(OC)c1. The van der Waals surface area contributed by atoms with Crippen molar-refractivity contribution < 1.29 is 23.9 Å². The summed E-state index contributed by atoms with van der Waals surface area (Å²) in [6.45, 7) is 10.7. The molecule has 1 N–H and O–H groups in total. The Bertz CT molecular complexity index is 1320. The van der Waals surface area contributed by atoms with Gasteiger partial charge in [0.05, 0.1) is 25.4 Å². The van der Waals surface area contributed by atoms with E-state index in [0.717, 1.165) is 21.7 Å². The number of nitrogens with one attached hydrogen (secondary N) is 1. The van der Waals surface area contributed by atoms with Gasteiger partial charge in [-0.05, 0) is 76.1 Å². The number of hydrogen-bond acceptors (Lipinski definition) is 6. The fraction of sp³-hybridized carbons (Fsp3) is 0.321. The number of methoxy groups -OCH3 is 2. The van der Waals surface area contributed by atoms with Crippen LogP contribution in [0.15, 0.2) is 48.0 Å². The predicted molar refractivity (Wildman–Crippen MR) is 140 cm³/mol. The zero-order valence-electron chi connectivity index (χ0n) is 21.6. The van der Waals surface area contributed by atoms with Gasteiger partial charge < -0.3 is 14.4 Å². The fourth-order valence-electron chi connectivity index (χ4n) is 5.11. The third kappa shape index (κ3) is 4.23. The second kappa shape index (κ2) is 9.18. The van der Waals surface area contributed by atoms with Crippen molar-refractivity contribution in [1.82, 2.24) is 5.32 Å². The van der Waals surface area contributed by atoms with E-state index in [9.17, 15) is 14.4 Å². The van der Waals surface area contributed by atoms with Gasteiger partial charge in [0.15, 0.2) is 0 Å². The first-order chi connectivity index (χ1) is 17.0. The second-order valence-electron chi connectivity index (χ2n) is 9.72. The van der Waals surface area contributed by atoms with Crippen LogP contribution in [0, 0.1) is 0 Å².